The number of benzene rings is 2. The van der Waals surface area contributed by atoms with E-state index in [2.05, 4.69) is 10.2 Å². The number of carbonyl (C=O) groups excluding carboxylic acids is 1. The molecule has 1 unspecified atom stereocenters. The van der Waals surface area contributed by atoms with Gasteiger partial charge in [0.15, 0.2) is 5.79 Å². The fourth-order valence-electron chi connectivity index (χ4n) is 4.01. The summed E-state index contributed by atoms with van der Waals surface area (Å²) in [5.41, 5.74) is 1.33. The number of carbonyl (C=O) groups is 1. The third-order valence-corrected chi connectivity index (χ3v) is 5.57. The van der Waals surface area contributed by atoms with Gasteiger partial charge in [-0.1, -0.05) is 24.3 Å². The molecule has 2 aliphatic rings. The first kappa shape index (κ1) is 21.5. The number of nitrogens with zero attached hydrogens (tertiary/aromatic N) is 2. The van der Waals surface area contributed by atoms with E-state index in [0.29, 0.717) is 26.3 Å². The van der Waals surface area contributed by atoms with Crippen molar-refractivity contribution >= 4 is 11.7 Å². The number of amides is 2. The lowest BCUT2D eigenvalue weighted by molar-refractivity contribution is -0.260. The second-order valence-corrected chi connectivity index (χ2v) is 7.85. The molecule has 2 aromatic rings. The Labute approximate surface area is 181 Å². The Hall–Kier alpha value is -2.68. The van der Waals surface area contributed by atoms with Crippen LogP contribution in [0.4, 0.5) is 14.9 Å². The van der Waals surface area contributed by atoms with Crippen LogP contribution in [-0.2, 0) is 16.0 Å². The summed E-state index contributed by atoms with van der Waals surface area (Å²) in [6, 6.07) is 13.8. The van der Waals surface area contributed by atoms with E-state index in [0.717, 1.165) is 25.3 Å². The molecule has 0 aliphatic carbocycles. The maximum Gasteiger partial charge on any atom is 0.322 e. The Morgan fingerprint density at radius 3 is 2.65 bits per heavy atom. The lowest BCUT2D eigenvalue weighted by Gasteiger charge is -2.43. The number of nitrogens with one attached hydrogen (secondary N) is 1. The van der Waals surface area contributed by atoms with Gasteiger partial charge < -0.3 is 24.4 Å². The molecule has 0 saturated carbocycles. The third kappa shape index (κ3) is 5.33. The van der Waals surface area contributed by atoms with Crippen molar-refractivity contribution < 1.29 is 23.4 Å². The number of hydrogen-bond donors (Lipinski definition) is 1. The van der Waals surface area contributed by atoms with Crippen molar-refractivity contribution in [2.45, 2.75) is 18.8 Å². The standard InChI is InChI=1S/C23H28FN3O4/c1-29-19-9-7-18(8-10-19)15-26-11-4-13-30-23(16-26)17-27(12-14-31-23)22(28)25-21-6-3-2-5-20(21)24/h2-3,5-10H,4,11-17H2,1H3,(H,25,28). The molecule has 8 heteroatoms. The molecule has 0 radical (unpaired) electrons. The van der Waals surface area contributed by atoms with E-state index in [1.54, 1.807) is 30.2 Å². The fraction of sp³-hybridized carbons (Fsp3) is 0.435. The minimum absolute atomic E-state index is 0.163. The average molecular weight is 429 g/mol. The minimum Gasteiger partial charge on any atom is -0.497 e. The maximum absolute atomic E-state index is 13.9. The molecule has 2 aliphatic heterocycles. The highest BCUT2D eigenvalue weighted by Crippen LogP contribution is 2.26. The van der Waals surface area contributed by atoms with Crippen LogP contribution < -0.4 is 10.1 Å². The summed E-state index contributed by atoms with van der Waals surface area (Å²) >= 11 is 0. The predicted octanol–water partition coefficient (Wildman–Crippen LogP) is 3.32. The summed E-state index contributed by atoms with van der Waals surface area (Å²) in [4.78, 5) is 16.7. The van der Waals surface area contributed by atoms with Crippen LogP contribution in [-0.4, -0.2) is 68.1 Å². The number of morpholine rings is 1. The van der Waals surface area contributed by atoms with Crippen LogP contribution in [0.15, 0.2) is 48.5 Å². The van der Waals surface area contributed by atoms with Crippen molar-refractivity contribution in [2.24, 2.45) is 0 Å². The number of urea groups is 1. The highest BCUT2D eigenvalue weighted by molar-refractivity contribution is 5.89. The van der Waals surface area contributed by atoms with E-state index in [9.17, 15) is 9.18 Å². The molecule has 2 amide bonds. The second-order valence-electron chi connectivity index (χ2n) is 7.85. The lowest BCUT2D eigenvalue weighted by atomic mass is 10.1. The van der Waals surface area contributed by atoms with Crippen LogP contribution in [0, 0.1) is 5.82 Å². The first-order chi connectivity index (χ1) is 15.1. The van der Waals surface area contributed by atoms with Crippen LogP contribution in [0.5, 0.6) is 5.75 Å². The van der Waals surface area contributed by atoms with Gasteiger partial charge in [0, 0.05) is 19.6 Å². The molecule has 31 heavy (non-hydrogen) atoms. The maximum atomic E-state index is 13.9. The van der Waals surface area contributed by atoms with Gasteiger partial charge in [0.2, 0.25) is 0 Å². The number of anilines is 1. The Bertz CT molecular complexity index is 895. The zero-order chi connectivity index (χ0) is 21.7. The molecule has 7 nitrogen and oxygen atoms in total. The Kier molecular flexibility index (Phi) is 6.70. The molecule has 2 fully saturated rings. The topological polar surface area (TPSA) is 63.3 Å². The monoisotopic (exact) mass is 429 g/mol. The highest BCUT2D eigenvalue weighted by Gasteiger charge is 2.42. The van der Waals surface area contributed by atoms with Crippen LogP contribution >= 0.6 is 0 Å². The Balaban J connectivity index is 1.42. The molecule has 1 atom stereocenters. The molecule has 0 aromatic heterocycles. The lowest BCUT2D eigenvalue weighted by Crippen LogP contribution is -2.59. The zero-order valence-corrected chi connectivity index (χ0v) is 17.7. The molecule has 1 N–H and O–H groups in total. The molecule has 166 valence electrons. The zero-order valence-electron chi connectivity index (χ0n) is 17.7. The number of methoxy groups -OCH3 is 1. The number of halogens is 1. The normalized spacial score (nSPS) is 22.2. The van der Waals surface area contributed by atoms with Gasteiger partial charge in [-0.15, -0.1) is 0 Å². The van der Waals surface area contributed by atoms with Gasteiger partial charge in [0.1, 0.15) is 11.6 Å². The van der Waals surface area contributed by atoms with E-state index in [-0.39, 0.29) is 18.3 Å². The van der Waals surface area contributed by atoms with Gasteiger partial charge in [-0.2, -0.15) is 0 Å². The summed E-state index contributed by atoms with van der Waals surface area (Å²) in [5.74, 6) is -0.532. The van der Waals surface area contributed by atoms with Gasteiger partial charge >= 0.3 is 6.03 Å². The SMILES string of the molecule is COc1ccc(CN2CCCOC3(C2)CN(C(=O)Nc2ccccc2F)CCO3)cc1. The molecule has 4 rings (SSSR count). The van der Waals surface area contributed by atoms with Gasteiger partial charge in [-0.3, -0.25) is 4.90 Å². The third-order valence-electron chi connectivity index (χ3n) is 5.57. The molecule has 2 saturated heterocycles. The van der Waals surface area contributed by atoms with Crippen molar-refractivity contribution in [1.29, 1.82) is 0 Å². The smallest absolute Gasteiger partial charge is 0.322 e. The molecule has 2 aromatic carbocycles. The van der Waals surface area contributed by atoms with Crippen LogP contribution in [0.3, 0.4) is 0 Å². The van der Waals surface area contributed by atoms with E-state index >= 15 is 0 Å². The molecule has 2 heterocycles. The summed E-state index contributed by atoms with van der Waals surface area (Å²) in [7, 11) is 1.65. The van der Waals surface area contributed by atoms with E-state index < -0.39 is 11.6 Å². The van der Waals surface area contributed by atoms with Gasteiger partial charge in [-0.25, -0.2) is 9.18 Å². The van der Waals surface area contributed by atoms with E-state index in [4.69, 9.17) is 14.2 Å². The van der Waals surface area contributed by atoms with Crippen LogP contribution in [0.25, 0.3) is 0 Å². The average Bonchev–Trinajstić information content (AvgIpc) is 2.97. The van der Waals surface area contributed by atoms with Crippen molar-refractivity contribution in [3.8, 4) is 5.75 Å². The summed E-state index contributed by atoms with van der Waals surface area (Å²) in [6.45, 7) is 3.79. The molecule has 0 bridgehead atoms. The fourth-order valence-corrected chi connectivity index (χ4v) is 4.01. The Morgan fingerprint density at radius 2 is 1.87 bits per heavy atom. The predicted molar refractivity (Wildman–Crippen MR) is 115 cm³/mol. The number of rotatable bonds is 4. The molecule has 1 spiro atoms. The van der Waals surface area contributed by atoms with Crippen LogP contribution in [0.1, 0.15) is 12.0 Å². The summed E-state index contributed by atoms with van der Waals surface area (Å²) in [6.07, 6.45) is 0.878. The van der Waals surface area contributed by atoms with Crippen LogP contribution in [0.2, 0.25) is 0 Å². The van der Waals surface area contributed by atoms with Crippen molar-refractivity contribution in [3.63, 3.8) is 0 Å². The molecular weight excluding hydrogens is 401 g/mol. The van der Waals surface area contributed by atoms with E-state index in [1.165, 1.54) is 11.6 Å². The highest BCUT2D eigenvalue weighted by atomic mass is 19.1. The minimum atomic E-state index is -0.895. The Morgan fingerprint density at radius 1 is 1.10 bits per heavy atom. The van der Waals surface area contributed by atoms with Gasteiger partial charge in [0.05, 0.1) is 39.1 Å². The largest absolute Gasteiger partial charge is 0.497 e. The number of hydrogen-bond acceptors (Lipinski definition) is 5. The quantitative estimate of drug-likeness (QED) is 0.808. The van der Waals surface area contributed by atoms with Crippen molar-refractivity contribution in [2.75, 3.05) is 51.8 Å². The summed E-state index contributed by atoms with van der Waals surface area (Å²) < 4.78 is 31.3. The van der Waals surface area contributed by atoms with Crippen molar-refractivity contribution in [1.82, 2.24) is 9.80 Å². The number of ether oxygens (including phenoxy) is 3. The van der Waals surface area contributed by atoms with Crippen molar-refractivity contribution in [3.05, 3.63) is 59.9 Å². The van der Waals surface area contributed by atoms with Gasteiger partial charge in [0.25, 0.3) is 0 Å². The molecular formula is C23H28FN3O4. The number of para-hydroxylation sites is 1. The first-order valence-electron chi connectivity index (χ1n) is 10.5. The van der Waals surface area contributed by atoms with Gasteiger partial charge in [-0.05, 0) is 36.2 Å². The second kappa shape index (κ2) is 9.64. The summed E-state index contributed by atoms with van der Waals surface area (Å²) in [5, 5.41) is 2.65. The van der Waals surface area contributed by atoms with E-state index in [1.807, 2.05) is 24.3 Å². The first-order valence-corrected chi connectivity index (χ1v) is 10.5.